The maximum absolute atomic E-state index is 12.0. The standard InChI is InChI=1S/C15H22N2O4/c1-3-12-5-6-13(21-12)14(18)16-11-7-9-17(10-8-11)15(19)20-4-2/h5-6,11H,3-4,7-10H2,1-2H3,(H,16,18). The average Bonchev–Trinajstić information content (AvgIpc) is 2.97. The smallest absolute Gasteiger partial charge is 0.409 e. The van der Waals surface area contributed by atoms with Crippen LogP contribution in [0.2, 0.25) is 0 Å². The molecule has 0 bridgehead atoms. The lowest BCUT2D eigenvalue weighted by Crippen LogP contribution is -2.46. The topological polar surface area (TPSA) is 71.8 Å². The van der Waals surface area contributed by atoms with E-state index in [1.807, 2.05) is 13.0 Å². The van der Waals surface area contributed by atoms with E-state index in [4.69, 9.17) is 9.15 Å². The molecular weight excluding hydrogens is 272 g/mol. The molecule has 2 rings (SSSR count). The van der Waals surface area contributed by atoms with Gasteiger partial charge in [0, 0.05) is 25.6 Å². The highest BCUT2D eigenvalue weighted by atomic mass is 16.6. The number of nitrogens with zero attached hydrogens (tertiary/aromatic N) is 1. The molecule has 1 fully saturated rings. The fourth-order valence-corrected chi connectivity index (χ4v) is 2.37. The first-order valence-electron chi connectivity index (χ1n) is 7.45. The van der Waals surface area contributed by atoms with Gasteiger partial charge in [0.1, 0.15) is 5.76 Å². The number of carbonyl (C=O) groups excluding carboxylic acids is 2. The van der Waals surface area contributed by atoms with E-state index in [2.05, 4.69) is 5.32 Å². The fraction of sp³-hybridized carbons (Fsp3) is 0.600. The van der Waals surface area contributed by atoms with Gasteiger partial charge in [-0.05, 0) is 31.9 Å². The van der Waals surface area contributed by atoms with Crippen molar-refractivity contribution in [2.45, 2.75) is 39.2 Å². The van der Waals surface area contributed by atoms with Crippen LogP contribution in [0.3, 0.4) is 0 Å². The summed E-state index contributed by atoms with van der Waals surface area (Å²) < 4.78 is 10.4. The van der Waals surface area contributed by atoms with E-state index in [-0.39, 0.29) is 18.0 Å². The van der Waals surface area contributed by atoms with E-state index in [1.54, 1.807) is 17.9 Å². The summed E-state index contributed by atoms with van der Waals surface area (Å²) in [6, 6.07) is 3.58. The SMILES string of the molecule is CCOC(=O)N1CCC(NC(=O)c2ccc(CC)o2)CC1. The molecule has 0 atom stereocenters. The molecule has 0 aliphatic carbocycles. The number of hydrogen-bond acceptors (Lipinski definition) is 4. The summed E-state index contributed by atoms with van der Waals surface area (Å²) in [6.45, 7) is 5.35. The number of aryl methyl sites for hydroxylation is 1. The molecule has 1 aliphatic rings. The van der Waals surface area contributed by atoms with Gasteiger partial charge in [-0.2, -0.15) is 0 Å². The van der Waals surface area contributed by atoms with Crippen LogP contribution in [0.25, 0.3) is 0 Å². The van der Waals surface area contributed by atoms with Crippen LogP contribution in [0.15, 0.2) is 16.5 Å². The molecule has 21 heavy (non-hydrogen) atoms. The Kier molecular flexibility index (Phi) is 5.25. The quantitative estimate of drug-likeness (QED) is 0.924. The summed E-state index contributed by atoms with van der Waals surface area (Å²) in [5, 5.41) is 2.95. The summed E-state index contributed by atoms with van der Waals surface area (Å²) in [5.74, 6) is 0.959. The zero-order valence-electron chi connectivity index (χ0n) is 12.6. The van der Waals surface area contributed by atoms with Crippen LogP contribution in [0.1, 0.15) is 43.0 Å². The van der Waals surface area contributed by atoms with Crippen molar-refractivity contribution in [2.75, 3.05) is 19.7 Å². The molecule has 6 heteroatoms. The first-order chi connectivity index (χ1) is 10.1. The molecule has 6 nitrogen and oxygen atoms in total. The summed E-state index contributed by atoms with van der Waals surface area (Å²) >= 11 is 0. The molecule has 2 amide bonds. The van der Waals surface area contributed by atoms with Crippen LogP contribution in [0.5, 0.6) is 0 Å². The number of furan rings is 1. The van der Waals surface area contributed by atoms with E-state index < -0.39 is 0 Å². The Morgan fingerprint density at radius 1 is 1.33 bits per heavy atom. The highest BCUT2D eigenvalue weighted by Crippen LogP contribution is 2.13. The van der Waals surface area contributed by atoms with Gasteiger partial charge in [-0.3, -0.25) is 4.79 Å². The molecule has 0 saturated carbocycles. The normalized spacial score (nSPS) is 15.8. The average molecular weight is 294 g/mol. The van der Waals surface area contributed by atoms with Crippen molar-refractivity contribution in [3.05, 3.63) is 23.7 Å². The van der Waals surface area contributed by atoms with E-state index in [1.165, 1.54) is 0 Å². The van der Waals surface area contributed by atoms with Gasteiger partial charge in [-0.15, -0.1) is 0 Å². The van der Waals surface area contributed by atoms with Crippen molar-refractivity contribution in [1.82, 2.24) is 10.2 Å². The molecule has 116 valence electrons. The molecule has 1 aliphatic heterocycles. The lowest BCUT2D eigenvalue weighted by Gasteiger charge is -2.31. The van der Waals surface area contributed by atoms with Gasteiger partial charge in [0.15, 0.2) is 5.76 Å². The van der Waals surface area contributed by atoms with Gasteiger partial charge in [0.2, 0.25) is 0 Å². The molecule has 1 aromatic heterocycles. The Morgan fingerprint density at radius 3 is 2.62 bits per heavy atom. The van der Waals surface area contributed by atoms with E-state index in [0.29, 0.717) is 25.5 Å². The first kappa shape index (κ1) is 15.4. The first-order valence-corrected chi connectivity index (χ1v) is 7.45. The second kappa shape index (κ2) is 7.15. The second-order valence-electron chi connectivity index (χ2n) is 5.05. The molecule has 0 spiro atoms. The van der Waals surface area contributed by atoms with Crippen molar-refractivity contribution < 1.29 is 18.7 Å². The van der Waals surface area contributed by atoms with Crippen LogP contribution in [-0.2, 0) is 11.2 Å². The van der Waals surface area contributed by atoms with Crippen LogP contribution < -0.4 is 5.32 Å². The van der Waals surface area contributed by atoms with E-state index in [9.17, 15) is 9.59 Å². The summed E-state index contributed by atoms with van der Waals surface area (Å²) in [5.41, 5.74) is 0. The number of carbonyl (C=O) groups is 2. The van der Waals surface area contributed by atoms with Crippen molar-refractivity contribution in [3.63, 3.8) is 0 Å². The van der Waals surface area contributed by atoms with Gasteiger partial charge in [0.05, 0.1) is 6.61 Å². The third kappa shape index (κ3) is 4.00. The number of piperidine rings is 1. The lowest BCUT2D eigenvalue weighted by atomic mass is 10.1. The number of rotatable bonds is 4. The van der Waals surface area contributed by atoms with Gasteiger partial charge in [0.25, 0.3) is 5.91 Å². The predicted octanol–water partition coefficient (Wildman–Crippen LogP) is 2.19. The zero-order chi connectivity index (χ0) is 15.2. The van der Waals surface area contributed by atoms with E-state index in [0.717, 1.165) is 25.0 Å². The maximum atomic E-state index is 12.0. The lowest BCUT2D eigenvalue weighted by molar-refractivity contribution is 0.0839. The van der Waals surface area contributed by atoms with E-state index >= 15 is 0 Å². The molecule has 0 unspecified atom stereocenters. The fourth-order valence-electron chi connectivity index (χ4n) is 2.37. The molecule has 0 radical (unpaired) electrons. The molecule has 1 aromatic rings. The van der Waals surface area contributed by atoms with Crippen molar-refractivity contribution >= 4 is 12.0 Å². The number of likely N-dealkylation sites (tertiary alicyclic amines) is 1. The molecule has 2 heterocycles. The second-order valence-corrected chi connectivity index (χ2v) is 5.05. The third-order valence-corrected chi connectivity index (χ3v) is 3.59. The van der Waals surface area contributed by atoms with Gasteiger partial charge in [-0.1, -0.05) is 6.92 Å². The van der Waals surface area contributed by atoms with Gasteiger partial charge in [-0.25, -0.2) is 4.79 Å². The minimum absolute atomic E-state index is 0.0679. The Balaban J connectivity index is 1.80. The number of hydrogen-bond donors (Lipinski definition) is 1. The zero-order valence-corrected chi connectivity index (χ0v) is 12.6. The van der Waals surface area contributed by atoms with Crippen molar-refractivity contribution in [1.29, 1.82) is 0 Å². The number of amides is 2. The largest absolute Gasteiger partial charge is 0.456 e. The van der Waals surface area contributed by atoms with Gasteiger partial charge >= 0.3 is 6.09 Å². The van der Waals surface area contributed by atoms with Crippen LogP contribution in [-0.4, -0.2) is 42.6 Å². The minimum atomic E-state index is -0.277. The predicted molar refractivity (Wildman–Crippen MR) is 77.2 cm³/mol. The van der Waals surface area contributed by atoms with Crippen LogP contribution in [0, 0.1) is 0 Å². The summed E-state index contributed by atoms with van der Waals surface area (Å²) in [6.07, 6.45) is 1.95. The maximum Gasteiger partial charge on any atom is 0.409 e. The summed E-state index contributed by atoms with van der Waals surface area (Å²) in [7, 11) is 0. The Hall–Kier alpha value is -1.98. The number of nitrogens with one attached hydrogen (secondary N) is 1. The third-order valence-electron chi connectivity index (χ3n) is 3.59. The molecule has 1 saturated heterocycles. The van der Waals surface area contributed by atoms with Crippen molar-refractivity contribution in [3.8, 4) is 0 Å². The highest BCUT2D eigenvalue weighted by molar-refractivity contribution is 5.91. The highest BCUT2D eigenvalue weighted by Gasteiger charge is 2.25. The molecule has 0 aromatic carbocycles. The Bertz CT molecular complexity index is 490. The Morgan fingerprint density at radius 2 is 2.05 bits per heavy atom. The summed E-state index contributed by atoms with van der Waals surface area (Å²) in [4.78, 5) is 25.3. The van der Waals surface area contributed by atoms with Crippen LogP contribution >= 0.6 is 0 Å². The van der Waals surface area contributed by atoms with Crippen molar-refractivity contribution in [2.24, 2.45) is 0 Å². The monoisotopic (exact) mass is 294 g/mol. The number of ether oxygens (including phenoxy) is 1. The van der Waals surface area contributed by atoms with Crippen LogP contribution in [0.4, 0.5) is 4.79 Å². The molecule has 1 N–H and O–H groups in total. The molecular formula is C15H22N2O4. The minimum Gasteiger partial charge on any atom is -0.456 e. The van der Waals surface area contributed by atoms with Gasteiger partial charge < -0.3 is 19.4 Å². The Labute approximate surface area is 124 Å².